The molecule has 1 saturated heterocycles. The average molecular weight is 343 g/mol. The van der Waals surface area contributed by atoms with Crippen LogP contribution in [0.5, 0.6) is 0 Å². The molecule has 3 heterocycles. The Morgan fingerprint density at radius 2 is 2.12 bits per heavy atom. The van der Waals surface area contributed by atoms with Crippen molar-refractivity contribution >= 4 is 5.91 Å². The number of carbonyl (C=O) groups is 1. The monoisotopic (exact) mass is 343 g/mol. The first-order valence-corrected chi connectivity index (χ1v) is 9.34. The fourth-order valence-electron chi connectivity index (χ4n) is 3.85. The van der Waals surface area contributed by atoms with E-state index in [0.29, 0.717) is 12.0 Å². The Morgan fingerprint density at radius 1 is 1.36 bits per heavy atom. The third kappa shape index (κ3) is 3.78. The van der Waals surface area contributed by atoms with Gasteiger partial charge in [-0.3, -0.25) is 14.2 Å². The Balaban J connectivity index is 1.70. The van der Waals surface area contributed by atoms with Gasteiger partial charge in [0.05, 0.1) is 17.9 Å². The molecule has 0 radical (unpaired) electrons. The molecule has 0 bridgehead atoms. The molecular formula is C19H29N5O. The molecule has 6 heteroatoms. The van der Waals surface area contributed by atoms with Crippen LogP contribution in [-0.2, 0) is 13.5 Å². The van der Waals surface area contributed by atoms with Crippen molar-refractivity contribution in [2.75, 3.05) is 13.1 Å². The van der Waals surface area contributed by atoms with E-state index in [2.05, 4.69) is 30.2 Å². The van der Waals surface area contributed by atoms with Gasteiger partial charge >= 0.3 is 0 Å². The highest BCUT2D eigenvalue weighted by molar-refractivity contribution is 5.93. The molecule has 2 aromatic heterocycles. The van der Waals surface area contributed by atoms with Crippen LogP contribution in [0.4, 0.5) is 0 Å². The van der Waals surface area contributed by atoms with E-state index < -0.39 is 0 Å². The molecule has 1 atom stereocenters. The largest absolute Gasteiger partial charge is 0.337 e. The summed E-state index contributed by atoms with van der Waals surface area (Å²) in [6.45, 7) is 7.92. The highest BCUT2D eigenvalue weighted by Crippen LogP contribution is 2.25. The van der Waals surface area contributed by atoms with Gasteiger partial charge in [0, 0.05) is 26.3 Å². The number of carbonyl (C=O) groups excluding carboxylic acids is 1. The van der Waals surface area contributed by atoms with Crippen molar-refractivity contribution in [1.82, 2.24) is 24.5 Å². The summed E-state index contributed by atoms with van der Waals surface area (Å²) in [6.07, 6.45) is 8.01. The Labute approximate surface area is 149 Å². The Hall–Kier alpha value is -2.11. The van der Waals surface area contributed by atoms with Gasteiger partial charge in [0.2, 0.25) is 0 Å². The van der Waals surface area contributed by atoms with Crippen molar-refractivity contribution in [2.45, 2.75) is 52.5 Å². The van der Waals surface area contributed by atoms with Crippen molar-refractivity contribution in [1.29, 1.82) is 0 Å². The third-order valence-electron chi connectivity index (χ3n) is 5.22. The van der Waals surface area contributed by atoms with Crippen molar-refractivity contribution < 1.29 is 4.79 Å². The van der Waals surface area contributed by atoms with Crippen molar-refractivity contribution in [2.24, 2.45) is 13.0 Å². The molecule has 0 spiro atoms. The molecule has 0 N–H and O–H groups in total. The van der Waals surface area contributed by atoms with E-state index in [1.165, 1.54) is 5.56 Å². The number of aromatic nitrogens is 4. The first-order chi connectivity index (χ1) is 12.0. The number of rotatable bonds is 6. The van der Waals surface area contributed by atoms with E-state index in [1.54, 1.807) is 0 Å². The molecule has 25 heavy (non-hydrogen) atoms. The molecule has 1 aliphatic rings. The van der Waals surface area contributed by atoms with Gasteiger partial charge in [0.25, 0.3) is 5.91 Å². The van der Waals surface area contributed by atoms with Crippen LogP contribution in [0.3, 0.4) is 0 Å². The third-order valence-corrected chi connectivity index (χ3v) is 5.22. The van der Waals surface area contributed by atoms with Crippen LogP contribution in [0.25, 0.3) is 0 Å². The van der Waals surface area contributed by atoms with Gasteiger partial charge in [-0.25, -0.2) is 0 Å². The predicted octanol–water partition coefficient (Wildman–Crippen LogP) is 2.99. The number of hydrogen-bond acceptors (Lipinski definition) is 3. The van der Waals surface area contributed by atoms with Crippen LogP contribution < -0.4 is 0 Å². The molecule has 6 nitrogen and oxygen atoms in total. The topological polar surface area (TPSA) is 56.0 Å². The number of nitrogens with zero attached hydrogens (tertiary/aromatic N) is 5. The number of aryl methyl sites for hydroxylation is 2. The molecule has 2 aromatic rings. The normalized spacial score (nSPS) is 17.6. The number of amides is 1. The Kier molecular flexibility index (Phi) is 5.25. The zero-order valence-electron chi connectivity index (χ0n) is 15.8. The smallest absolute Gasteiger partial charge is 0.272 e. The van der Waals surface area contributed by atoms with Gasteiger partial charge < -0.3 is 4.90 Å². The maximum absolute atomic E-state index is 13.1. The predicted molar refractivity (Wildman–Crippen MR) is 97.5 cm³/mol. The second-order valence-electron chi connectivity index (χ2n) is 7.22. The summed E-state index contributed by atoms with van der Waals surface area (Å²) in [4.78, 5) is 15.1. The number of hydrogen-bond donors (Lipinski definition) is 0. The van der Waals surface area contributed by atoms with Crippen LogP contribution in [0.1, 0.15) is 60.9 Å². The highest BCUT2D eigenvalue weighted by atomic mass is 16.2. The lowest BCUT2D eigenvalue weighted by molar-refractivity contribution is 0.0771. The summed E-state index contributed by atoms with van der Waals surface area (Å²) in [5, 5.41) is 8.83. The van der Waals surface area contributed by atoms with E-state index >= 15 is 0 Å². The van der Waals surface area contributed by atoms with E-state index in [1.807, 2.05) is 40.5 Å². The number of likely N-dealkylation sites (tertiary alicyclic amines) is 1. The van der Waals surface area contributed by atoms with Crippen LogP contribution in [0, 0.1) is 12.8 Å². The van der Waals surface area contributed by atoms with Gasteiger partial charge in [0.15, 0.2) is 0 Å². The molecule has 1 fully saturated rings. The van der Waals surface area contributed by atoms with E-state index in [0.717, 1.165) is 50.2 Å². The molecule has 0 aromatic carbocycles. The molecule has 0 aliphatic carbocycles. The van der Waals surface area contributed by atoms with Crippen molar-refractivity contribution in [3.8, 4) is 0 Å². The van der Waals surface area contributed by atoms with Crippen LogP contribution in [0.15, 0.2) is 18.5 Å². The Morgan fingerprint density at radius 3 is 2.76 bits per heavy atom. The molecule has 1 aliphatic heterocycles. The summed E-state index contributed by atoms with van der Waals surface area (Å²) in [7, 11) is 1.94. The molecule has 3 rings (SSSR count). The van der Waals surface area contributed by atoms with E-state index in [-0.39, 0.29) is 5.91 Å². The maximum atomic E-state index is 13.1. The summed E-state index contributed by atoms with van der Waals surface area (Å²) >= 11 is 0. The quantitative estimate of drug-likeness (QED) is 0.810. The zero-order chi connectivity index (χ0) is 18.0. The lowest BCUT2D eigenvalue weighted by atomic mass is 10.0. The van der Waals surface area contributed by atoms with Crippen LogP contribution >= 0.6 is 0 Å². The minimum absolute atomic E-state index is 0.126. The van der Waals surface area contributed by atoms with E-state index in [9.17, 15) is 4.79 Å². The van der Waals surface area contributed by atoms with Crippen molar-refractivity contribution in [3.05, 3.63) is 35.4 Å². The summed E-state index contributed by atoms with van der Waals surface area (Å²) in [5.41, 5.74) is 2.91. The van der Waals surface area contributed by atoms with Gasteiger partial charge in [-0.1, -0.05) is 13.8 Å². The van der Waals surface area contributed by atoms with Crippen molar-refractivity contribution in [3.63, 3.8) is 0 Å². The molecule has 1 unspecified atom stereocenters. The standard InChI is InChI=1S/C19H29N5O/c1-5-17(6-2)24-18(9-14(3)21-24)19(25)23-8-7-15(13-23)10-16-11-20-22(4)12-16/h9,11-12,15,17H,5-8,10,13H2,1-4H3. The van der Waals surface area contributed by atoms with Gasteiger partial charge in [-0.05, 0) is 50.2 Å². The lowest BCUT2D eigenvalue weighted by Crippen LogP contribution is -2.31. The summed E-state index contributed by atoms with van der Waals surface area (Å²) in [6, 6.07) is 2.23. The first kappa shape index (κ1) is 17.7. The Bertz CT molecular complexity index is 728. The SMILES string of the molecule is CCC(CC)n1nc(C)cc1C(=O)N1CCC(Cc2cnn(C)c2)C1. The summed E-state index contributed by atoms with van der Waals surface area (Å²) < 4.78 is 3.79. The van der Waals surface area contributed by atoms with E-state index in [4.69, 9.17) is 0 Å². The zero-order valence-corrected chi connectivity index (χ0v) is 15.8. The van der Waals surface area contributed by atoms with Gasteiger partial charge in [-0.2, -0.15) is 10.2 Å². The fraction of sp³-hybridized carbons (Fsp3) is 0.632. The molecule has 136 valence electrons. The highest BCUT2D eigenvalue weighted by Gasteiger charge is 2.30. The molecule has 0 saturated carbocycles. The minimum atomic E-state index is 0.126. The molecule has 1 amide bonds. The van der Waals surface area contributed by atoms with Gasteiger partial charge in [-0.15, -0.1) is 0 Å². The second kappa shape index (κ2) is 7.42. The minimum Gasteiger partial charge on any atom is -0.337 e. The second-order valence-corrected chi connectivity index (χ2v) is 7.22. The lowest BCUT2D eigenvalue weighted by Gasteiger charge is -2.20. The maximum Gasteiger partial charge on any atom is 0.272 e. The first-order valence-electron chi connectivity index (χ1n) is 9.34. The van der Waals surface area contributed by atoms with Crippen LogP contribution in [0.2, 0.25) is 0 Å². The average Bonchev–Trinajstić information content (AvgIpc) is 3.30. The summed E-state index contributed by atoms with van der Waals surface area (Å²) in [5.74, 6) is 0.639. The van der Waals surface area contributed by atoms with Gasteiger partial charge in [0.1, 0.15) is 5.69 Å². The van der Waals surface area contributed by atoms with Crippen LogP contribution in [-0.4, -0.2) is 43.5 Å². The molecular weight excluding hydrogens is 314 g/mol. The fourth-order valence-corrected chi connectivity index (χ4v) is 3.85.